The maximum absolute atomic E-state index is 11.9. The zero-order valence-electron chi connectivity index (χ0n) is 9.99. The molecule has 90 valence electrons. The molecule has 2 heteroatoms. The number of hydrogen-bond donors (Lipinski definition) is 1. The molecule has 2 aromatic carbocycles. The van der Waals surface area contributed by atoms with Gasteiger partial charge in [-0.1, -0.05) is 66.7 Å². The van der Waals surface area contributed by atoms with E-state index < -0.39 is 6.04 Å². The average Bonchev–Trinajstić information content (AvgIpc) is 2.46. The van der Waals surface area contributed by atoms with Crippen LogP contribution in [0.3, 0.4) is 0 Å². The zero-order valence-corrected chi connectivity index (χ0v) is 9.99. The van der Waals surface area contributed by atoms with Gasteiger partial charge < -0.3 is 5.73 Å². The van der Waals surface area contributed by atoms with Gasteiger partial charge in [0.25, 0.3) is 0 Å². The van der Waals surface area contributed by atoms with Crippen molar-refractivity contribution < 1.29 is 4.79 Å². The van der Waals surface area contributed by atoms with Crippen molar-refractivity contribution in [2.75, 3.05) is 0 Å². The van der Waals surface area contributed by atoms with E-state index in [0.29, 0.717) is 0 Å². The number of rotatable bonds is 4. The normalized spacial score (nSPS) is 12.5. The van der Waals surface area contributed by atoms with Crippen LogP contribution in [-0.2, 0) is 4.79 Å². The van der Waals surface area contributed by atoms with Crippen molar-refractivity contribution in [3.8, 4) is 0 Å². The molecule has 2 rings (SSSR count). The molecule has 0 saturated carbocycles. The average molecular weight is 237 g/mol. The SMILES string of the molecule is N[C@@H](C(=O)/C=C/c1ccccc1)c1ccccc1. The molecule has 0 saturated heterocycles. The lowest BCUT2D eigenvalue weighted by atomic mass is 10.0. The molecule has 0 unspecified atom stereocenters. The smallest absolute Gasteiger partial charge is 0.176 e. The first-order valence-corrected chi connectivity index (χ1v) is 5.85. The van der Waals surface area contributed by atoms with E-state index in [0.717, 1.165) is 11.1 Å². The Balaban J connectivity index is 2.07. The highest BCUT2D eigenvalue weighted by Crippen LogP contribution is 2.12. The number of ketones is 1. The lowest BCUT2D eigenvalue weighted by molar-refractivity contribution is -0.115. The molecule has 2 N–H and O–H groups in total. The summed E-state index contributed by atoms with van der Waals surface area (Å²) in [6.45, 7) is 0. The fourth-order valence-electron chi connectivity index (χ4n) is 1.67. The Labute approximate surface area is 107 Å². The Morgan fingerprint density at radius 3 is 2.11 bits per heavy atom. The van der Waals surface area contributed by atoms with E-state index in [1.807, 2.05) is 60.7 Å². The minimum atomic E-state index is -0.592. The van der Waals surface area contributed by atoms with Crippen LogP contribution in [0.25, 0.3) is 6.08 Å². The van der Waals surface area contributed by atoms with E-state index in [2.05, 4.69) is 0 Å². The molecule has 0 aliphatic carbocycles. The molecule has 0 radical (unpaired) electrons. The van der Waals surface area contributed by atoms with Gasteiger partial charge in [0, 0.05) is 0 Å². The molecule has 0 amide bonds. The van der Waals surface area contributed by atoms with Gasteiger partial charge in [-0.25, -0.2) is 0 Å². The first kappa shape index (κ1) is 12.3. The molecule has 2 aromatic rings. The van der Waals surface area contributed by atoms with Crippen LogP contribution in [0.5, 0.6) is 0 Å². The highest BCUT2D eigenvalue weighted by atomic mass is 16.1. The molecule has 0 aliphatic rings. The molecule has 0 heterocycles. The van der Waals surface area contributed by atoms with E-state index >= 15 is 0 Å². The van der Waals surface area contributed by atoms with Crippen LogP contribution in [0.15, 0.2) is 66.7 Å². The van der Waals surface area contributed by atoms with Crippen molar-refractivity contribution in [2.45, 2.75) is 6.04 Å². The molecular weight excluding hydrogens is 222 g/mol. The molecule has 0 spiro atoms. The second-order valence-corrected chi connectivity index (χ2v) is 4.03. The fraction of sp³-hybridized carbons (Fsp3) is 0.0625. The number of hydrogen-bond acceptors (Lipinski definition) is 2. The van der Waals surface area contributed by atoms with Gasteiger partial charge in [0.05, 0.1) is 6.04 Å². The van der Waals surface area contributed by atoms with E-state index in [-0.39, 0.29) is 5.78 Å². The number of nitrogens with two attached hydrogens (primary N) is 1. The summed E-state index contributed by atoms with van der Waals surface area (Å²) in [5.74, 6) is -0.0925. The topological polar surface area (TPSA) is 43.1 Å². The molecule has 0 fully saturated rings. The maximum Gasteiger partial charge on any atom is 0.176 e. The summed E-state index contributed by atoms with van der Waals surface area (Å²) in [4.78, 5) is 11.9. The summed E-state index contributed by atoms with van der Waals surface area (Å²) >= 11 is 0. The number of benzene rings is 2. The Bertz CT molecular complexity index is 532. The van der Waals surface area contributed by atoms with Gasteiger partial charge in [0.2, 0.25) is 0 Å². The van der Waals surface area contributed by atoms with Crippen molar-refractivity contribution in [3.63, 3.8) is 0 Å². The molecule has 18 heavy (non-hydrogen) atoms. The first-order valence-electron chi connectivity index (χ1n) is 5.85. The predicted octanol–water partition coefficient (Wildman–Crippen LogP) is 2.97. The lowest BCUT2D eigenvalue weighted by Gasteiger charge is -2.07. The quantitative estimate of drug-likeness (QED) is 0.831. The molecule has 0 bridgehead atoms. The largest absolute Gasteiger partial charge is 0.318 e. The third-order valence-electron chi connectivity index (χ3n) is 2.70. The van der Waals surface area contributed by atoms with Crippen molar-refractivity contribution in [1.82, 2.24) is 0 Å². The third kappa shape index (κ3) is 3.15. The van der Waals surface area contributed by atoms with Gasteiger partial charge in [-0.3, -0.25) is 4.79 Å². The minimum absolute atomic E-state index is 0.0925. The number of carbonyl (C=O) groups is 1. The molecule has 2 nitrogen and oxygen atoms in total. The van der Waals surface area contributed by atoms with E-state index in [9.17, 15) is 4.79 Å². The summed E-state index contributed by atoms with van der Waals surface area (Å²) < 4.78 is 0. The first-order chi connectivity index (χ1) is 8.77. The van der Waals surface area contributed by atoms with Gasteiger partial charge in [-0.05, 0) is 17.2 Å². The molecule has 0 aliphatic heterocycles. The van der Waals surface area contributed by atoms with Crippen LogP contribution < -0.4 is 5.73 Å². The fourth-order valence-corrected chi connectivity index (χ4v) is 1.67. The summed E-state index contributed by atoms with van der Waals surface area (Å²) in [5, 5.41) is 0. The van der Waals surface area contributed by atoms with Crippen molar-refractivity contribution in [2.24, 2.45) is 5.73 Å². The Hall–Kier alpha value is -2.19. The van der Waals surface area contributed by atoms with Crippen molar-refractivity contribution >= 4 is 11.9 Å². The molecule has 1 atom stereocenters. The zero-order chi connectivity index (χ0) is 12.8. The molecule has 0 aromatic heterocycles. The van der Waals surface area contributed by atoms with Crippen LogP contribution in [0, 0.1) is 0 Å². The van der Waals surface area contributed by atoms with Crippen molar-refractivity contribution in [1.29, 1.82) is 0 Å². The van der Waals surface area contributed by atoms with E-state index in [1.54, 1.807) is 6.08 Å². The van der Waals surface area contributed by atoms with Crippen LogP contribution in [0.4, 0.5) is 0 Å². The van der Waals surface area contributed by atoms with E-state index in [1.165, 1.54) is 6.08 Å². The van der Waals surface area contributed by atoms with Gasteiger partial charge >= 0.3 is 0 Å². The Morgan fingerprint density at radius 2 is 1.50 bits per heavy atom. The second kappa shape index (κ2) is 5.94. The van der Waals surface area contributed by atoms with Crippen LogP contribution in [0.2, 0.25) is 0 Å². The monoisotopic (exact) mass is 237 g/mol. The summed E-state index contributed by atoms with van der Waals surface area (Å²) in [7, 11) is 0. The summed E-state index contributed by atoms with van der Waals surface area (Å²) in [5.41, 5.74) is 7.73. The number of carbonyl (C=O) groups excluding carboxylic acids is 1. The van der Waals surface area contributed by atoms with Crippen LogP contribution >= 0.6 is 0 Å². The van der Waals surface area contributed by atoms with E-state index in [4.69, 9.17) is 5.73 Å². The maximum atomic E-state index is 11.9. The lowest BCUT2D eigenvalue weighted by Crippen LogP contribution is -2.19. The van der Waals surface area contributed by atoms with Crippen LogP contribution in [0.1, 0.15) is 17.2 Å². The highest BCUT2D eigenvalue weighted by Gasteiger charge is 2.11. The second-order valence-electron chi connectivity index (χ2n) is 4.03. The molecular formula is C16H15NO. The third-order valence-corrected chi connectivity index (χ3v) is 2.70. The van der Waals surface area contributed by atoms with Gasteiger partial charge in [-0.15, -0.1) is 0 Å². The van der Waals surface area contributed by atoms with Gasteiger partial charge in [0.1, 0.15) is 0 Å². The van der Waals surface area contributed by atoms with Gasteiger partial charge in [0.15, 0.2) is 5.78 Å². The Morgan fingerprint density at radius 1 is 0.944 bits per heavy atom. The van der Waals surface area contributed by atoms with Gasteiger partial charge in [-0.2, -0.15) is 0 Å². The highest BCUT2D eigenvalue weighted by molar-refractivity contribution is 5.98. The standard InChI is InChI=1S/C16H15NO/c17-16(14-9-5-2-6-10-14)15(18)12-11-13-7-3-1-4-8-13/h1-12,16H,17H2/b12-11+/t16-/m1/s1. The summed E-state index contributed by atoms with van der Waals surface area (Å²) in [6, 6.07) is 18.5. The van der Waals surface area contributed by atoms with Crippen LogP contribution in [-0.4, -0.2) is 5.78 Å². The van der Waals surface area contributed by atoms with Crippen molar-refractivity contribution in [3.05, 3.63) is 77.9 Å². The Kier molecular flexibility index (Phi) is 4.05. The predicted molar refractivity (Wildman–Crippen MR) is 73.9 cm³/mol. The summed E-state index contributed by atoms with van der Waals surface area (Å²) in [6.07, 6.45) is 3.32. The minimum Gasteiger partial charge on any atom is -0.318 e.